The number of hydrogen-bond acceptors (Lipinski definition) is 8. The Morgan fingerprint density at radius 1 is 0.887 bits per heavy atom. The monoisotopic (exact) mass is 750 g/mol. The van der Waals surface area contributed by atoms with E-state index in [1.54, 1.807) is 25.5 Å². The average Bonchev–Trinajstić information content (AvgIpc) is 3.76. The smallest absolute Gasteiger partial charge is 0.271 e. The van der Waals surface area contributed by atoms with Crippen LogP contribution in [0.25, 0.3) is 10.9 Å². The highest BCUT2D eigenvalue weighted by Gasteiger charge is 2.30. The maximum Gasteiger partial charge on any atom is 0.271 e. The summed E-state index contributed by atoms with van der Waals surface area (Å²) < 4.78 is 0. The molecule has 0 aliphatic carbocycles. The van der Waals surface area contributed by atoms with Gasteiger partial charge in [-0.1, -0.05) is 52.3 Å². The summed E-state index contributed by atoms with van der Waals surface area (Å²) in [6.45, 7) is 9.43. The molecule has 0 saturated heterocycles. The quantitative estimate of drug-likeness (QED) is 0.273. The van der Waals surface area contributed by atoms with Crippen molar-refractivity contribution in [1.29, 1.82) is 0 Å². The van der Waals surface area contributed by atoms with Gasteiger partial charge in [0, 0.05) is 62.5 Å². The molecule has 3 aromatic rings. The van der Waals surface area contributed by atoms with Crippen LogP contribution in [-0.2, 0) is 30.4 Å². The average molecular weight is 751 g/mol. The van der Waals surface area contributed by atoms with Gasteiger partial charge >= 0.3 is 0 Å². The molecule has 1 aliphatic rings. The molecule has 4 rings (SSSR count). The number of likely N-dealkylation sites (N-methyl/N-ethyl adjacent to an activating group) is 2. The van der Waals surface area contributed by atoms with Gasteiger partial charge in [0.2, 0.25) is 29.5 Å². The first-order valence-electron chi connectivity index (χ1n) is 18.3. The normalized spacial score (nSPS) is 20.4. The first-order chi connectivity index (χ1) is 25.1. The maximum atomic E-state index is 13.9. The van der Waals surface area contributed by atoms with Gasteiger partial charge in [-0.25, -0.2) is 4.98 Å². The Hall–Kier alpha value is -4.79. The fourth-order valence-corrected chi connectivity index (χ4v) is 7.20. The lowest BCUT2D eigenvalue weighted by Crippen LogP contribution is -2.53. The standard InChI is InChI=1S/C38H54N8O6S/c1-23(2)11-10-14-34(49)46-16-15-44(6)37(51)25(5)40-32(47)20-45(7)38(52)30(18-26-19-39-28-13-9-8-12-27(26)28)42-35(50)31-22-53-36(43-31)29(17-24(3)4)41-33(48)21-46/h8-9,12-13,19,22-25,29-30,39H,10-11,14-18,20-21H2,1-7H3,(H,40,47)(H,41,48)(H,42,50)/t25-,29-,30+/m0/s1. The Bertz CT molecular complexity index is 1770. The SMILES string of the molecule is CC(C)CCCC(=O)N1CCN(C)C(=O)[C@H](C)NC(=O)CN(C)C(=O)[C@@H](Cc2c[nH]c3ccccc23)NC(=O)c2csc(n2)[C@H](CC(C)C)NC(=O)C1. The molecular formula is C38H54N8O6S. The second kappa shape index (κ2) is 18.8. The second-order valence-electron chi connectivity index (χ2n) is 14.8. The summed E-state index contributed by atoms with van der Waals surface area (Å²) in [5, 5.41) is 11.6. The largest absolute Gasteiger partial charge is 0.361 e. The molecule has 0 saturated carbocycles. The van der Waals surface area contributed by atoms with Crippen molar-refractivity contribution in [3.63, 3.8) is 0 Å². The Labute approximate surface area is 315 Å². The Morgan fingerprint density at radius 2 is 1.60 bits per heavy atom. The van der Waals surface area contributed by atoms with Gasteiger partial charge in [0.15, 0.2) is 0 Å². The number of hydrogen-bond donors (Lipinski definition) is 4. The zero-order valence-electron chi connectivity index (χ0n) is 31.9. The summed E-state index contributed by atoms with van der Waals surface area (Å²) in [5.41, 5.74) is 1.77. The van der Waals surface area contributed by atoms with Crippen molar-refractivity contribution in [2.75, 3.05) is 40.3 Å². The van der Waals surface area contributed by atoms with Gasteiger partial charge in [0.25, 0.3) is 5.91 Å². The molecule has 0 unspecified atom stereocenters. The van der Waals surface area contributed by atoms with E-state index in [1.807, 2.05) is 38.1 Å². The number of nitrogens with one attached hydrogen (secondary N) is 4. The van der Waals surface area contributed by atoms with Crippen molar-refractivity contribution in [2.24, 2.45) is 11.8 Å². The molecule has 0 radical (unpaired) electrons. The highest BCUT2D eigenvalue weighted by molar-refractivity contribution is 7.09. The minimum Gasteiger partial charge on any atom is -0.361 e. The van der Waals surface area contributed by atoms with Crippen molar-refractivity contribution in [2.45, 2.75) is 84.8 Å². The van der Waals surface area contributed by atoms with Crippen molar-refractivity contribution in [3.05, 3.63) is 52.1 Å². The summed E-state index contributed by atoms with van der Waals surface area (Å²) >= 11 is 1.23. The Kier molecular flexibility index (Phi) is 14.5. The fourth-order valence-electron chi connectivity index (χ4n) is 6.34. The van der Waals surface area contributed by atoms with Crippen LogP contribution in [0.5, 0.6) is 0 Å². The number of nitrogens with zero attached hydrogens (tertiary/aromatic N) is 4. The van der Waals surface area contributed by atoms with Gasteiger partial charge < -0.3 is 35.6 Å². The van der Waals surface area contributed by atoms with E-state index >= 15 is 0 Å². The van der Waals surface area contributed by atoms with E-state index in [-0.39, 0.29) is 62.4 Å². The summed E-state index contributed by atoms with van der Waals surface area (Å²) in [6.07, 6.45) is 4.26. The van der Waals surface area contributed by atoms with Crippen molar-refractivity contribution < 1.29 is 28.8 Å². The first-order valence-corrected chi connectivity index (χ1v) is 19.2. The molecule has 1 aromatic carbocycles. The third kappa shape index (κ3) is 11.6. The topological polar surface area (TPSA) is 177 Å². The molecule has 0 fully saturated rings. The van der Waals surface area contributed by atoms with E-state index in [2.05, 4.69) is 39.8 Å². The Morgan fingerprint density at radius 3 is 2.32 bits per heavy atom. The van der Waals surface area contributed by atoms with Crippen LogP contribution in [0.15, 0.2) is 35.8 Å². The van der Waals surface area contributed by atoms with Gasteiger partial charge in [-0.15, -0.1) is 11.3 Å². The van der Waals surface area contributed by atoms with Crippen LogP contribution >= 0.6 is 11.3 Å². The molecule has 15 heteroatoms. The number of para-hydroxylation sites is 1. The molecule has 3 heterocycles. The number of aromatic amines is 1. The van der Waals surface area contributed by atoms with E-state index < -0.39 is 41.8 Å². The predicted molar refractivity (Wildman–Crippen MR) is 204 cm³/mol. The summed E-state index contributed by atoms with van der Waals surface area (Å²) in [5.74, 6) is -2.02. The molecule has 53 heavy (non-hydrogen) atoms. The molecule has 288 valence electrons. The van der Waals surface area contributed by atoms with Crippen LogP contribution in [0.4, 0.5) is 0 Å². The fraction of sp³-hybridized carbons (Fsp3) is 0.553. The number of H-pyrrole nitrogens is 1. The molecule has 3 atom stereocenters. The molecule has 2 bridgehead atoms. The summed E-state index contributed by atoms with van der Waals surface area (Å²) in [4.78, 5) is 93.0. The van der Waals surface area contributed by atoms with E-state index in [1.165, 1.54) is 33.1 Å². The van der Waals surface area contributed by atoms with Crippen molar-refractivity contribution >= 4 is 57.7 Å². The number of fused-ring (bicyclic) bond motifs is 3. The van der Waals surface area contributed by atoms with Crippen LogP contribution in [0.1, 0.15) is 87.4 Å². The number of aromatic nitrogens is 2. The predicted octanol–water partition coefficient (Wildman–Crippen LogP) is 3.26. The maximum absolute atomic E-state index is 13.9. The second-order valence-corrected chi connectivity index (χ2v) is 15.6. The molecular weight excluding hydrogens is 697 g/mol. The number of amides is 6. The zero-order chi connectivity index (χ0) is 38.8. The molecule has 2 aromatic heterocycles. The lowest BCUT2D eigenvalue weighted by atomic mass is 10.0. The Balaban J connectivity index is 1.66. The van der Waals surface area contributed by atoms with Crippen LogP contribution in [-0.4, -0.2) is 112 Å². The third-order valence-electron chi connectivity index (χ3n) is 9.24. The number of thiazole rings is 1. The minimum atomic E-state index is -1.06. The zero-order valence-corrected chi connectivity index (χ0v) is 32.7. The summed E-state index contributed by atoms with van der Waals surface area (Å²) in [7, 11) is 3.05. The number of rotatable bonds is 8. The van der Waals surface area contributed by atoms with Crippen molar-refractivity contribution in [1.82, 2.24) is 40.6 Å². The van der Waals surface area contributed by atoms with E-state index in [0.717, 1.165) is 22.9 Å². The van der Waals surface area contributed by atoms with Gasteiger partial charge in [0.1, 0.15) is 22.8 Å². The van der Waals surface area contributed by atoms with Gasteiger partial charge in [-0.2, -0.15) is 0 Å². The van der Waals surface area contributed by atoms with Crippen LogP contribution in [0, 0.1) is 11.8 Å². The van der Waals surface area contributed by atoms with E-state index in [4.69, 9.17) is 0 Å². The first kappa shape index (κ1) is 41.0. The lowest BCUT2D eigenvalue weighted by Gasteiger charge is -2.28. The molecule has 14 nitrogen and oxygen atoms in total. The molecule has 4 N–H and O–H groups in total. The van der Waals surface area contributed by atoms with Gasteiger partial charge in [0.05, 0.1) is 19.1 Å². The number of carbonyl (C=O) groups is 6. The molecule has 1 aliphatic heterocycles. The van der Waals surface area contributed by atoms with Crippen LogP contribution in [0.2, 0.25) is 0 Å². The van der Waals surface area contributed by atoms with E-state index in [9.17, 15) is 28.8 Å². The minimum absolute atomic E-state index is 0.0911. The number of carbonyl (C=O) groups excluding carboxylic acids is 6. The van der Waals surface area contributed by atoms with Gasteiger partial charge in [-0.05, 0) is 43.2 Å². The highest BCUT2D eigenvalue weighted by Crippen LogP contribution is 2.25. The molecule has 0 spiro atoms. The molecule has 6 amide bonds. The van der Waals surface area contributed by atoms with Crippen molar-refractivity contribution in [3.8, 4) is 0 Å². The highest BCUT2D eigenvalue weighted by atomic mass is 32.1. The van der Waals surface area contributed by atoms with Gasteiger partial charge in [-0.3, -0.25) is 28.8 Å². The summed E-state index contributed by atoms with van der Waals surface area (Å²) in [6, 6.07) is 5.11. The van der Waals surface area contributed by atoms with Crippen LogP contribution < -0.4 is 16.0 Å². The van der Waals surface area contributed by atoms with E-state index in [0.29, 0.717) is 23.8 Å². The third-order valence-corrected chi connectivity index (χ3v) is 10.2. The number of benzene rings is 1. The van der Waals surface area contributed by atoms with Crippen LogP contribution in [0.3, 0.4) is 0 Å². The lowest BCUT2D eigenvalue weighted by molar-refractivity contribution is -0.139.